The van der Waals surface area contributed by atoms with Gasteiger partial charge in [-0.2, -0.15) is 0 Å². The molecule has 2 heterocycles. The summed E-state index contributed by atoms with van der Waals surface area (Å²) in [6.45, 7) is 5.82. The van der Waals surface area contributed by atoms with Crippen LogP contribution < -0.4 is 15.4 Å². The van der Waals surface area contributed by atoms with Gasteiger partial charge in [-0.1, -0.05) is 11.6 Å². The summed E-state index contributed by atoms with van der Waals surface area (Å²) in [6.07, 6.45) is 0.289. The van der Waals surface area contributed by atoms with Crippen molar-refractivity contribution < 1.29 is 33.4 Å². The monoisotopic (exact) mass is 495 g/mol. The molecule has 4 atom stereocenters. The third-order valence-corrected chi connectivity index (χ3v) is 6.15. The van der Waals surface area contributed by atoms with E-state index in [1.54, 1.807) is 26.8 Å². The molecule has 2 aliphatic heterocycles. The van der Waals surface area contributed by atoms with Crippen molar-refractivity contribution in [1.82, 2.24) is 15.5 Å². The maximum absolute atomic E-state index is 13.1. The number of carbonyl (C=O) groups excluding carboxylic acids is 4. The van der Waals surface area contributed by atoms with Gasteiger partial charge in [0, 0.05) is 18.7 Å². The van der Waals surface area contributed by atoms with Crippen LogP contribution in [-0.2, 0) is 23.9 Å². The fourth-order valence-electron chi connectivity index (χ4n) is 4.26. The lowest BCUT2D eigenvalue weighted by molar-refractivity contribution is -0.164. The van der Waals surface area contributed by atoms with Crippen LogP contribution in [0.25, 0.3) is 0 Å². The lowest BCUT2D eigenvalue weighted by Crippen LogP contribution is -2.54. The minimum Gasteiger partial charge on any atom is -0.495 e. The quantitative estimate of drug-likeness (QED) is 0.524. The van der Waals surface area contributed by atoms with Crippen molar-refractivity contribution in [1.29, 1.82) is 0 Å². The highest BCUT2D eigenvalue weighted by Crippen LogP contribution is 2.29. The van der Waals surface area contributed by atoms with Crippen LogP contribution in [0, 0.1) is 6.92 Å². The highest BCUT2D eigenvalue weighted by Gasteiger charge is 2.41. The molecule has 2 N–H and O–H groups in total. The largest absolute Gasteiger partial charge is 0.495 e. The normalized spacial score (nSPS) is 22.8. The number of nitrogens with zero attached hydrogens (tertiary/aromatic N) is 1. The van der Waals surface area contributed by atoms with Gasteiger partial charge in [-0.25, -0.2) is 0 Å². The second kappa shape index (κ2) is 11.1. The molecule has 34 heavy (non-hydrogen) atoms. The predicted octanol–water partition coefficient (Wildman–Crippen LogP) is 1.56. The van der Waals surface area contributed by atoms with E-state index in [9.17, 15) is 19.2 Å². The van der Waals surface area contributed by atoms with Crippen molar-refractivity contribution in [3.63, 3.8) is 0 Å². The first-order valence-electron chi connectivity index (χ1n) is 11.2. The van der Waals surface area contributed by atoms with Crippen LogP contribution in [0.5, 0.6) is 5.75 Å². The summed E-state index contributed by atoms with van der Waals surface area (Å²) in [7, 11) is 1.49. The Labute approximate surface area is 203 Å². The number of hydrogen-bond acceptors (Lipinski definition) is 7. The SMILES string of the molecule is CCO[C@H]1OC(=O)C[C@@H]1NC(=O)[C@@H]1CCCN1C(=O)[C@H](C)NC(=O)c1cc(C)c(OC)c(Cl)c1. The lowest BCUT2D eigenvalue weighted by Gasteiger charge is -2.28. The van der Waals surface area contributed by atoms with Gasteiger partial charge >= 0.3 is 5.97 Å². The highest BCUT2D eigenvalue weighted by molar-refractivity contribution is 6.32. The number of likely N-dealkylation sites (tertiary alicyclic amines) is 1. The third-order valence-electron chi connectivity index (χ3n) is 5.87. The number of amides is 3. The molecule has 2 fully saturated rings. The molecule has 0 bridgehead atoms. The van der Waals surface area contributed by atoms with Crippen LogP contribution in [0.4, 0.5) is 0 Å². The van der Waals surface area contributed by atoms with E-state index in [0.29, 0.717) is 47.9 Å². The lowest BCUT2D eigenvalue weighted by atomic mass is 10.1. The molecule has 11 heteroatoms. The van der Waals surface area contributed by atoms with E-state index >= 15 is 0 Å². The van der Waals surface area contributed by atoms with Gasteiger partial charge in [0.05, 0.1) is 18.6 Å². The summed E-state index contributed by atoms with van der Waals surface area (Å²) in [5, 5.41) is 5.76. The van der Waals surface area contributed by atoms with E-state index in [4.69, 9.17) is 25.8 Å². The van der Waals surface area contributed by atoms with Crippen LogP contribution in [0.15, 0.2) is 12.1 Å². The van der Waals surface area contributed by atoms with Crippen molar-refractivity contribution in [3.8, 4) is 5.75 Å². The van der Waals surface area contributed by atoms with Crippen LogP contribution in [0.3, 0.4) is 0 Å². The van der Waals surface area contributed by atoms with Gasteiger partial charge in [0.1, 0.15) is 23.9 Å². The molecule has 0 unspecified atom stereocenters. The standard InChI is InChI=1S/C23H30ClN3O7/c1-5-33-23-16(11-18(28)34-23)26-21(30)17-7-6-8-27(17)22(31)13(3)25-20(29)14-9-12(2)19(32-4)15(24)10-14/h9-10,13,16-17,23H,5-8,11H2,1-4H3,(H,25,29)(H,26,30)/t13-,16-,17-,23-/m0/s1. The number of hydrogen-bond donors (Lipinski definition) is 2. The summed E-state index contributed by atoms with van der Waals surface area (Å²) >= 11 is 6.18. The van der Waals surface area contributed by atoms with Gasteiger partial charge in [-0.15, -0.1) is 0 Å². The minimum absolute atomic E-state index is 0.00731. The second-order valence-electron chi connectivity index (χ2n) is 8.33. The summed E-state index contributed by atoms with van der Waals surface area (Å²) in [5.41, 5.74) is 0.988. The molecule has 0 aromatic heterocycles. The topological polar surface area (TPSA) is 123 Å². The van der Waals surface area contributed by atoms with E-state index in [1.807, 2.05) is 0 Å². The van der Waals surface area contributed by atoms with Crippen LogP contribution in [0.2, 0.25) is 5.02 Å². The van der Waals surface area contributed by atoms with E-state index in [1.165, 1.54) is 18.1 Å². The fourth-order valence-corrected chi connectivity index (χ4v) is 4.61. The molecule has 186 valence electrons. The minimum atomic E-state index is -0.866. The molecule has 0 radical (unpaired) electrons. The first-order valence-corrected chi connectivity index (χ1v) is 11.6. The molecule has 1 aromatic carbocycles. The van der Waals surface area contributed by atoms with Crippen molar-refractivity contribution in [2.75, 3.05) is 20.3 Å². The van der Waals surface area contributed by atoms with Crippen LogP contribution in [-0.4, -0.2) is 73.3 Å². The number of carbonyl (C=O) groups is 4. The second-order valence-corrected chi connectivity index (χ2v) is 8.73. The van der Waals surface area contributed by atoms with Gasteiger partial charge in [-0.3, -0.25) is 19.2 Å². The first-order chi connectivity index (χ1) is 16.2. The Morgan fingerprint density at radius 2 is 2.06 bits per heavy atom. The first kappa shape index (κ1) is 25.8. The van der Waals surface area contributed by atoms with Crippen molar-refractivity contribution >= 4 is 35.3 Å². The zero-order valence-electron chi connectivity index (χ0n) is 19.7. The Hall–Kier alpha value is -2.85. The molecule has 3 amide bonds. The third kappa shape index (κ3) is 5.61. The number of benzene rings is 1. The number of rotatable bonds is 8. The van der Waals surface area contributed by atoms with Gasteiger partial charge in [0.15, 0.2) is 0 Å². The molecule has 3 rings (SSSR count). The molecule has 2 aliphatic rings. The molecule has 0 spiro atoms. The van der Waals surface area contributed by atoms with Gasteiger partial charge < -0.3 is 29.7 Å². The van der Waals surface area contributed by atoms with Gasteiger partial charge in [0.2, 0.25) is 18.1 Å². The number of cyclic esters (lactones) is 1. The number of methoxy groups -OCH3 is 1. The zero-order chi connectivity index (χ0) is 25.0. The van der Waals surface area contributed by atoms with Crippen molar-refractivity contribution in [2.45, 2.75) is 64.4 Å². The molecule has 2 saturated heterocycles. The summed E-state index contributed by atoms with van der Waals surface area (Å²) in [4.78, 5) is 51.8. The summed E-state index contributed by atoms with van der Waals surface area (Å²) in [5.74, 6) is -1.19. The smallest absolute Gasteiger partial charge is 0.310 e. The molecular weight excluding hydrogens is 466 g/mol. The number of nitrogens with one attached hydrogen (secondary N) is 2. The average molecular weight is 496 g/mol. The molecule has 0 saturated carbocycles. The maximum Gasteiger partial charge on any atom is 0.310 e. The van der Waals surface area contributed by atoms with Crippen LogP contribution >= 0.6 is 11.6 Å². The molecule has 10 nitrogen and oxygen atoms in total. The fraction of sp³-hybridized carbons (Fsp3) is 0.565. The number of aryl methyl sites for hydroxylation is 1. The maximum atomic E-state index is 13.1. The number of ether oxygens (including phenoxy) is 3. The summed E-state index contributed by atoms with van der Waals surface area (Å²) < 4.78 is 15.7. The zero-order valence-corrected chi connectivity index (χ0v) is 20.4. The predicted molar refractivity (Wildman–Crippen MR) is 122 cm³/mol. The average Bonchev–Trinajstić information content (AvgIpc) is 3.40. The molecular formula is C23H30ClN3O7. The van der Waals surface area contributed by atoms with Gasteiger partial charge in [-0.05, 0) is 51.3 Å². The van der Waals surface area contributed by atoms with E-state index in [2.05, 4.69) is 10.6 Å². The Morgan fingerprint density at radius 3 is 2.71 bits per heavy atom. The number of halogens is 1. The van der Waals surface area contributed by atoms with Crippen molar-refractivity contribution in [3.05, 3.63) is 28.3 Å². The summed E-state index contributed by atoms with van der Waals surface area (Å²) in [6, 6.07) is 0.921. The Balaban J connectivity index is 1.63. The van der Waals surface area contributed by atoms with Crippen molar-refractivity contribution in [2.24, 2.45) is 0 Å². The Morgan fingerprint density at radius 1 is 1.32 bits per heavy atom. The van der Waals surface area contributed by atoms with E-state index in [0.717, 1.165) is 0 Å². The van der Waals surface area contributed by atoms with Gasteiger partial charge in [0.25, 0.3) is 5.91 Å². The van der Waals surface area contributed by atoms with E-state index in [-0.39, 0.29) is 18.2 Å². The Bertz CT molecular complexity index is 947. The van der Waals surface area contributed by atoms with Crippen LogP contribution in [0.1, 0.15) is 49.0 Å². The highest BCUT2D eigenvalue weighted by atomic mass is 35.5. The Kier molecular flexibility index (Phi) is 8.37. The molecule has 1 aromatic rings. The molecule has 0 aliphatic carbocycles. The van der Waals surface area contributed by atoms with E-state index < -0.39 is 36.3 Å². The number of esters is 1.